The third kappa shape index (κ3) is 4.23. The second-order valence-corrected chi connectivity index (χ2v) is 9.14. The monoisotopic (exact) mass is 388 g/mol. The van der Waals surface area contributed by atoms with Gasteiger partial charge in [-0.2, -0.15) is 4.98 Å². The summed E-state index contributed by atoms with van der Waals surface area (Å²) in [6, 6.07) is 0. The van der Waals surface area contributed by atoms with Crippen LogP contribution in [-0.4, -0.2) is 57.9 Å². The molecule has 0 spiro atoms. The highest BCUT2D eigenvalue weighted by molar-refractivity contribution is 5.77. The lowest BCUT2D eigenvalue weighted by Gasteiger charge is -2.42. The van der Waals surface area contributed by atoms with Crippen molar-refractivity contribution in [2.24, 2.45) is 11.8 Å². The molecule has 1 unspecified atom stereocenters. The Kier molecular flexibility index (Phi) is 5.43. The van der Waals surface area contributed by atoms with E-state index in [0.717, 1.165) is 63.5 Å². The van der Waals surface area contributed by atoms with Crippen LogP contribution in [0.4, 0.5) is 0 Å². The number of likely N-dealkylation sites (tertiary alicyclic amines) is 2. The van der Waals surface area contributed by atoms with E-state index in [0.29, 0.717) is 24.8 Å². The molecular weight excluding hydrogens is 356 g/mol. The Bertz CT molecular complexity index is 721. The number of aryl methyl sites for hydroxylation is 1. The first-order chi connectivity index (χ1) is 13.4. The summed E-state index contributed by atoms with van der Waals surface area (Å²) < 4.78 is 5.29. The molecule has 3 aliphatic rings. The highest BCUT2D eigenvalue weighted by Crippen LogP contribution is 2.45. The standard InChI is InChI=1S/C21H32N4O3/c1-15-22-20(23-28-15)21(13-18-4-5-18)8-3-9-25(14-21)19(27)12-17-6-10-24(11-7-17)16(2)26/h17-18H,3-14H2,1-2H3. The number of piperidine rings is 2. The summed E-state index contributed by atoms with van der Waals surface area (Å²) in [5, 5.41) is 4.27. The van der Waals surface area contributed by atoms with Gasteiger partial charge in [0.25, 0.3) is 0 Å². The summed E-state index contributed by atoms with van der Waals surface area (Å²) in [7, 11) is 0. The average Bonchev–Trinajstić information content (AvgIpc) is 3.38. The van der Waals surface area contributed by atoms with Crippen LogP contribution in [0.5, 0.6) is 0 Å². The number of rotatable bonds is 5. The van der Waals surface area contributed by atoms with E-state index in [1.807, 2.05) is 11.8 Å². The molecule has 1 aromatic rings. The van der Waals surface area contributed by atoms with Gasteiger partial charge in [0.05, 0.1) is 5.41 Å². The van der Waals surface area contributed by atoms with E-state index in [-0.39, 0.29) is 17.2 Å². The maximum absolute atomic E-state index is 13.1. The average molecular weight is 389 g/mol. The van der Waals surface area contributed by atoms with Gasteiger partial charge in [-0.1, -0.05) is 18.0 Å². The van der Waals surface area contributed by atoms with E-state index in [1.54, 1.807) is 6.92 Å². The summed E-state index contributed by atoms with van der Waals surface area (Å²) >= 11 is 0. The SMILES string of the molecule is CC(=O)N1CCC(CC(=O)N2CCCC(CC3CC3)(c3noc(C)n3)C2)CC1. The predicted octanol–water partition coefficient (Wildman–Crippen LogP) is 2.69. The third-order valence-electron chi connectivity index (χ3n) is 6.83. The van der Waals surface area contributed by atoms with Crippen LogP contribution < -0.4 is 0 Å². The number of hydrogen-bond donors (Lipinski definition) is 0. The van der Waals surface area contributed by atoms with Crippen molar-refractivity contribution in [2.45, 2.75) is 70.6 Å². The van der Waals surface area contributed by atoms with Gasteiger partial charge in [-0.25, -0.2) is 0 Å². The molecule has 28 heavy (non-hydrogen) atoms. The Morgan fingerprint density at radius 3 is 2.46 bits per heavy atom. The number of carbonyl (C=O) groups is 2. The Morgan fingerprint density at radius 1 is 1.11 bits per heavy atom. The van der Waals surface area contributed by atoms with Crippen LogP contribution in [0.3, 0.4) is 0 Å². The molecule has 0 bridgehead atoms. The zero-order valence-corrected chi connectivity index (χ0v) is 17.2. The zero-order valence-electron chi connectivity index (χ0n) is 17.2. The summed E-state index contributed by atoms with van der Waals surface area (Å²) in [5.74, 6) is 2.91. The molecule has 2 amide bonds. The lowest BCUT2D eigenvalue weighted by atomic mass is 9.74. The highest BCUT2D eigenvalue weighted by atomic mass is 16.5. The molecule has 1 aromatic heterocycles. The molecule has 1 atom stereocenters. The Hall–Kier alpha value is -1.92. The van der Waals surface area contributed by atoms with Crippen molar-refractivity contribution in [3.63, 3.8) is 0 Å². The van der Waals surface area contributed by atoms with Crippen molar-refractivity contribution in [3.05, 3.63) is 11.7 Å². The van der Waals surface area contributed by atoms with Crippen LogP contribution in [-0.2, 0) is 15.0 Å². The van der Waals surface area contributed by atoms with Crippen molar-refractivity contribution in [1.82, 2.24) is 19.9 Å². The number of carbonyl (C=O) groups excluding carboxylic acids is 2. The summed E-state index contributed by atoms with van der Waals surface area (Å²) in [6.07, 6.45) is 8.09. The first-order valence-electron chi connectivity index (χ1n) is 10.8. The molecule has 154 valence electrons. The van der Waals surface area contributed by atoms with E-state index in [4.69, 9.17) is 4.52 Å². The normalized spacial score (nSPS) is 26.5. The molecule has 1 saturated carbocycles. The lowest BCUT2D eigenvalue weighted by Crippen LogP contribution is -2.50. The predicted molar refractivity (Wildman–Crippen MR) is 103 cm³/mol. The molecule has 2 saturated heterocycles. The molecule has 7 heteroatoms. The van der Waals surface area contributed by atoms with Gasteiger partial charge in [-0.05, 0) is 43.9 Å². The molecular formula is C21H32N4O3. The van der Waals surface area contributed by atoms with E-state index in [1.165, 1.54) is 12.8 Å². The van der Waals surface area contributed by atoms with E-state index in [2.05, 4.69) is 15.0 Å². The van der Waals surface area contributed by atoms with E-state index in [9.17, 15) is 9.59 Å². The van der Waals surface area contributed by atoms with Gasteiger partial charge in [0.1, 0.15) is 0 Å². The third-order valence-corrected chi connectivity index (χ3v) is 6.83. The van der Waals surface area contributed by atoms with Crippen LogP contribution in [0.1, 0.15) is 70.0 Å². The minimum absolute atomic E-state index is 0.140. The molecule has 7 nitrogen and oxygen atoms in total. The van der Waals surface area contributed by atoms with Gasteiger partial charge < -0.3 is 14.3 Å². The smallest absolute Gasteiger partial charge is 0.223 e. The Balaban J connectivity index is 1.40. The maximum atomic E-state index is 13.1. The van der Waals surface area contributed by atoms with Crippen LogP contribution in [0.25, 0.3) is 0 Å². The van der Waals surface area contributed by atoms with Crippen LogP contribution >= 0.6 is 0 Å². The molecule has 0 aromatic carbocycles. The number of nitrogens with zero attached hydrogens (tertiary/aromatic N) is 4. The Morgan fingerprint density at radius 2 is 1.86 bits per heavy atom. The largest absolute Gasteiger partial charge is 0.343 e. The molecule has 2 aliphatic heterocycles. The van der Waals surface area contributed by atoms with Crippen molar-refractivity contribution in [1.29, 1.82) is 0 Å². The molecule has 3 fully saturated rings. The summed E-state index contributed by atoms with van der Waals surface area (Å²) in [5.41, 5.74) is -0.148. The zero-order chi connectivity index (χ0) is 19.7. The van der Waals surface area contributed by atoms with Crippen LogP contribution in [0.2, 0.25) is 0 Å². The molecule has 1 aliphatic carbocycles. The van der Waals surface area contributed by atoms with Crippen LogP contribution in [0, 0.1) is 18.8 Å². The van der Waals surface area contributed by atoms with Crippen LogP contribution in [0.15, 0.2) is 4.52 Å². The first kappa shape index (κ1) is 19.4. The van der Waals surface area contributed by atoms with Gasteiger partial charge in [0, 0.05) is 46.4 Å². The van der Waals surface area contributed by atoms with E-state index >= 15 is 0 Å². The maximum Gasteiger partial charge on any atom is 0.223 e. The fourth-order valence-electron chi connectivity index (χ4n) is 5.00. The second-order valence-electron chi connectivity index (χ2n) is 9.14. The Labute approximate surface area is 166 Å². The van der Waals surface area contributed by atoms with Crippen molar-refractivity contribution in [3.8, 4) is 0 Å². The highest BCUT2D eigenvalue weighted by Gasteiger charge is 2.45. The first-order valence-corrected chi connectivity index (χ1v) is 10.8. The summed E-state index contributed by atoms with van der Waals surface area (Å²) in [6.45, 7) is 6.56. The van der Waals surface area contributed by atoms with Gasteiger partial charge in [-0.15, -0.1) is 0 Å². The topological polar surface area (TPSA) is 79.5 Å². The van der Waals surface area contributed by atoms with Gasteiger partial charge in [-0.3, -0.25) is 9.59 Å². The van der Waals surface area contributed by atoms with E-state index < -0.39 is 0 Å². The minimum atomic E-state index is -0.148. The number of aromatic nitrogens is 2. The second kappa shape index (κ2) is 7.84. The fourth-order valence-corrected chi connectivity index (χ4v) is 5.00. The quantitative estimate of drug-likeness (QED) is 0.775. The van der Waals surface area contributed by atoms with Gasteiger partial charge >= 0.3 is 0 Å². The minimum Gasteiger partial charge on any atom is -0.343 e. The van der Waals surface area contributed by atoms with Crippen molar-refractivity contribution < 1.29 is 14.1 Å². The molecule has 0 radical (unpaired) electrons. The lowest BCUT2D eigenvalue weighted by molar-refractivity contribution is -0.135. The van der Waals surface area contributed by atoms with Crippen molar-refractivity contribution in [2.75, 3.05) is 26.2 Å². The van der Waals surface area contributed by atoms with Crippen molar-refractivity contribution >= 4 is 11.8 Å². The molecule has 3 heterocycles. The molecule has 0 N–H and O–H groups in total. The fraction of sp³-hybridized carbons (Fsp3) is 0.810. The number of amides is 2. The number of hydrogen-bond acceptors (Lipinski definition) is 5. The molecule has 4 rings (SSSR count). The van der Waals surface area contributed by atoms with Gasteiger partial charge in [0.2, 0.25) is 17.7 Å². The van der Waals surface area contributed by atoms with Gasteiger partial charge in [0.15, 0.2) is 5.82 Å². The summed E-state index contributed by atoms with van der Waals surface area (Å²) in [4.78, 5) is 33.1.